The predicted octanol–water partition coefficient (Wildman–Crippen LogP) is 4.10. The van der Waals surface area contributed by atoms with Crippen LogP contribution in [0, 0.1) is 6.92 Å². The summed E-state index contributed by atoms with van der Waals surface area (Å²) in [5, 5.41) is 3.47. The van der Waals surface area contributed by atoms with Crippen LogP contribution >= 0.6 is 27.3 Å². The minimum Gasteiger partial charge on any atom is -0.312 e. The smallest absolute Gasteiger partial charge is 0.0314 e. The highest BCUT2D eigenvalue weighted by Gasteiger charge is 2.01. The average Bonchev–Trinajstić information content (AvgIpc) is 2.46. The molecule has 0 radical (unpaired) electrons. The summed E-state index contributed by atoms with van der Waals surface area (Å²) in [5.41, 5.74) is 0. The van der Waals surface area contributed by atoms with Crippen LogP contribution in [0.4, 0.5) is 0 Å². The van der Waals surface area contributed by atoms with Gasteiger partial charge in [0.05, 0.1) is 0 Å². The van der Waals surface area contributed by atoms with Crippen LogP contribution in [0.3, 0.4) is 0 Å². The molecule has 0 fully saturated rings. The number of rotatable bonds is 6. The molecule has 1 heterocycles. The SMILES string of the molecule is CCCCCNCc1cc(Br)c(C)s1. The Bertz CT molecular complexity index is 251. The molecule has 1 nitrogen and oxygen atoms in total. The molecule has 0 saturated carbocycles. The zero-order valence-electron chi connectivity index (χ0n) is 8.90. The summed E-state index contributed by atoms with van der Waals surface area (Å²) in [6, 6.07) is 2.22. The fourth-order valence-corrected chi connectivity index (χ4v) is 2.89. The first-order valence-corrected chi connectivity index (χ1v) is 6.80. The summed E-state index contributed by atoms with van der Waals surface area (Å²) >= 11 is 5.40. The lowest BCUT2D eigenvalue weighted by Gasteiger charge is -2.01. The summed E-state index contributed by atoms with van der Waals surface area (Å²) in [5.74, 6) is 0. The quantitative estimate of drug-likeness (QED) is 0.771. The van der Waals surface area contributed by atoms with Crippen molar-refractivity contribution in [2.24, 2.45) is 0 Å². The Hall–Kier alpha value is 0.140. The molecule has 3 heteroatoms. The van der Waals surface area contributed by atoms with Crippen molar-refractivity contribution in [1.29, 1.82) is 0 Å². The van der Waals surface area contributed by atoms with Gasteiger partial charge in [-0.05, 0) is 41.9 Å². The molecule has 0 spiro atoms. The highest BCUT2D eigenvalue weighted by Crippen LogP contribution is 2.25. The van der Waals surface area contributed by atoms with E-state index >= 15 is 0 Å². The second-order valence-corrected chi connectivity index (χ2v) is 5.70. The van der Waals surface area contributed by atoms with Gasteiger partial charge in [-0.2, -0.15) is 0 Å². The fraction of sp³-hybridized carbons (Fsp3) is 0.636. The molecule has 0 amide bonds. The maximum Gasteiger partial charge on any atom is 0.0314 e. The maximum absolute atomic E-state index is 3.53. The first-order chi connectivity index (χ1) is 6.74. The molecule has 1 rings (SSSR count). The van der Waals surface area contributed by atoms with Crippen LogP contribution in [0.15, 0.2) is 10.5 Å². The van der Waals surface area contributed by atoms with Gasteiger partial charge < -0.3 is 5.32 Å². The molecule has 1 N–H and O–H groups in total. The topological polar surface area (TPSA) is 12.0 Å². The van der Waals surface area contributed by atoms with Gasteiger partial charge >= 0.3 is 0 Å². The van der Waals surface area contributed by atoms with Crippen LogP contribution < -0.4 is 5.32 Å². The molecular weight excluding hydrogens is 258 g/mol. The third-order valence-corrected chi connectivity index (χ3v) is 4.30. The first-order valence-electron chi connectivity index (χ1n) is 5.19. The Morgan fingerprint density at radius 2 is 2.21 bits per heavy atom. The second kappa shape index (κ2) is 6.59. The number of thiophene rings is 1. The van der Waals surface area contributed by atoms with E-state index in [4.69, 9.17) is 0 Å². The fourth-order valence-electron chi connectivity index (χ4n) is 1.32. The highest BCUT2D eigenvalue weighted by molar-refractivity contribution is 9.10. The van der Waals surface area contributed by atoms with Gasteiger partial charge in [-0.1, -0.05) is 19.8 Å². The minimum absolute atomic E-state index is 1.01. The number of halogens is 1. The lowest BCUT2D eigenvalue weighted by molar-refractivity contribution is 0.620. The van der Waals surface area contributed by atoms with E-state index in [1.807, 2.05) is 11.3 Å². The Labute approximate surface area is 99.0 Å². The van der Waals surface area contributed by atoms with Gasteiger partial charge in [0, 0.05) is 20.8 Å². The molecule has 0 unspecified atom stereocenters. The van der Waals surface area contributed by atoms with E-state index in [0.29, 0.717) is 0 Å². The van der Waals surface area contributed by atoms with Gasteiger partial charge in [0.2, 0.25) is 0 Å². The summed E-state index contributed by atoms with van der Waals surface area (Å²) in [4.78, 5) is 2.79. The van der Waals surface area contributed by atoms with Crippen molar-refractivity contribution in [2.45, 2.75) is 39.7 Å². The van der Waals surface area contributed by atoms with Gasteiger partial charge in [0.1, 0.15) is 0 Å². The van der Waals surface area contributed by atoms with E-state index in [0.717, 1.165) is 13.1 Å². The lowest BCUT2D eigenvalue weighted by atomic mass is 10.2. The molecule has 0 aliphatic heterocycles. The third kappa shape index (κ3) is 4.11. The largest absolute Gasteiger partial charge is 0.312 e. The number of hydrogen-bond acceptors (Lipinski definition) is 2. The molecular formula is C11H18BrNS. The monoisotopic (exact) mass is 275 g/mol. The van der Waals surface area contributed by atoms with Crippen molar-refractivity contribution in [3.8, 4) is 0 Å². The Kier molecular flexibility index (Phi) is 5.75. The number of aryl methyl sites for hydroxylation is 1. The van der Waals surface area contributed by atoms with Gasteiger partial charge in [-0.3, -0.25) is 0 Å². The minimum atomic E-state index is 1.01. The van der Waals surface area contributed by atoms with Crippen LogP contribution in [0.1, 0.15) is 35.9 Å². The predicted molar refractivity (Wildman–Crippen MR) is 68.0 cm³/mol. The van der Waals surface area contributed by atoms with E-state index in [1.54, 1.807) is 0 Å². The van der Waals surface area contributed by atoms with E-state index in [-0.39, 0.29) is 0 Å². The molecule has 80 valence electrons. The molecule has 14 heavy (non-hydrogen) atoms. The zero-order chi connectivity index (χ0) is 10.4. The van der Waals surface area contributed by atoms with Gasteiger partial charge in [0.15, 0.2) is 0 Å². The summed E-state index contributed by atoms with van der Waals surface area (Å²) < 4.78 is 1.24. The van der Waals surface area contributed by atoms with Crippen molar-refractivity contribution < 1.29 is 0 Å². The maximum atomic E-state index is 3.53. The van der Waals surface area contributed by atoms with E-state index in [9.17, 15) is 0 Å². The Morgan fingerprint density at radius 3 is 2.79 bits per heavy atom. The Balaban J connectivity index is 2.18. The Morgan fingerprint density at radius 1 is 1.43 bits per heavy atom. The normalized spacial score (nSPS) is 10.8. The van der Waals surface area contributed by atoms with Gasteiger partial charge in [-0.15, -0.1) is 11.3 Å². The summed E-state index contributed by atoms with van der Waals surface area (Å²) in [6.07, 6.45) is 3.92. The molecule has 0 atom stereocenters. The van der Waals surface area contributed by atoms with Crippen molar-refractivity contribution in [2.75, 3.05) is 6.54 Å². The van der Waals surface area contributed by atoms with Crippen LogP contribution in [0.2, 0.25) is 0 Å². The summed E-state index contributed by atoms with van der Waals surface area (Å²) in [7, 11) is 0. The van der Waals surface area contributed by atoms with Crippen LogP contribution in [-0.4, -0.2) is 6.54 Å². The van der Waals surface area contributed by atoms with Gasteiger partial charge in [-0.25, -0.2) is 0 Å². The van der Waals surface area contributed by atoms with Crippen LogP contribution in [-0.2, 0) is 6.54 Å². The van der Waals surface area contributed by atoms with Crippen LogP contribution in [0.5, 0.6) is 0 Å². The molecule has 0 saturated heterocycles. The first kappa shape index (κ1) is 12.2. The molecule has 1 aromatic heterocycles. The number of hydrogen-bond donors (Lipinski definition) is 1. The summed E-state index contributed by atoms with van der Waals surface area (Å²) in [6.45, 7) is 6.54. The highest BCUT2D eigenvalue weighted by atomic mass is 79.9. The molecule has 0 aliphatic rings. The molecule has 1 aromatic rings. The standard InChI is InChI=1S/C11H18BrNS/c1-3-4-5-6-13-8-10-7-11(12)9(2)14-10/h7,13H,3-6,8H2,1-2H3. The lowest BCUT2D eigenvalue weighted by Crippen LogP contribution is -2.13. The van der Waals surface area contributed by atoms with Crippen LogP contribution in [0.25, 0.3) is 0 Å². The second-order valence-electron chi connectivity index (χ2n) is 3.50. The molecule has 0 aromatic carbocycles. The van der Waals surface area contributed by atoms with E-state index in [2.05, 4.69) is 41.2 Å². The van der Waals surface area contributed by atoms with Crippen molar-refractivity contribution in [3.63, 3.8) is 0 Å². The van der Waals surface area contributed by atoms with E-state index in [1.165, 1.54) is 33.5 Å². The van der Waals surface area contributed by atoms with Crippen molar-refractivity contribution >= 4 is 27.3 Å². The molecule has 0 bridgehead atoms. The average molecular weight is 276 g/mol. The van der Waals surface area contributed by atoms with Gasteiger partial charge in [0.25, 0.3) is 0 Å². The number of nitrogens with one attached hydrogen (secondary N) is 1. The third-order valence-electron chi connectivity index (χ3n) is 2.16. The van der Waals surface area contributed by atoms with Crippen molar-refractivity contribution in [3.05, 3.63) is 20.3 Å². The van der Waals surface area contributed by atoms with Crippen molar-refractivity contribution in [1.82, 2.24) is 5.32 Å². The molecule has 0 aliphatic carbocycles. The van der Waals surface area contributed by atoms with E-state index < -0.39 is 0 Å². The zero-order valence-corrected chi connectivity index (χ0v) is 11.3. The number of unbranched alkanes of at least 4 members (excludes halogenated alkanes) is 2.